The normalized spacial score (nSPS) is 22.1. The molecule has 1 saturated carbocycles. The van der Waals surface area contributed by atoms with Crippen LogP contribution in [-0.2, 0) is 4.79 Å². The number of anilines is 1. The number of benzene rings is 1. The van der Waals surface area contributed by atoms with E-state index in [0.717, 1.165) is 47.9 Å². The van der Waals surface area contributed by atoms with E-state index >= 15 is 0 Å². The summed E-state index contributed by atoms with van der Waals surface area (Å²) in [4.78, 5) is 18.7. The van der Waals surface area contributed by atoms with Crippen LogP contribution in [0.5, 0.6) is 0 Å². The maximum atomic E-state index is 13.4. The molecule has 1 atom stereocenters. The average Bonchev–Trinajstić information content (AvgIpc) is 3.27. The molecule has 27 heavy (non-hydrogen) atoms. The summed E-state index contributed by atoms with van der Waals surface area (Å²) >= 11 is 0. The predicted octanol–water partition coefficient (Wildman–Crippen LogP) is 4.11. The van der Waals surface area contributed by atoms with E-state index in [1.165, 1.54) is 0 Å². The van der Waals surface area contributed by atoms with E-state index in [0.29, 0.717) is 25.9 Å². The molecule has 2 heterocycles. The van der Waals surface area contributed by atoms with Gasteiger partial charge in [0.25, 0.3) is 11.9 Å². The van der Waals surface area contributed by atoms with Crippen molar-refractivity contribution in [3.8, 4) is 0 Å². The Morgan fingerprint density at radius 1 is 1.33 bits per heavy atom. The monoisotopic (exact) mass is 377 g/mol. The number of aryl methyl sites for hydroxylation is 2. The number of rotatable bonds is 3. The van der Waals surface area contributed by atoms with Crippen LogP contribution in [0.1, 0.15) is 50.2 Å². The van der Waals surface area contributed by atoms with Crippen molar-refractivity contribution in [1.82, 2.24) is 10.3 Å². The van der Waals surface area contributed by atoms with Gasteiger partial charge in [-0.05, 0) is 50.3 Å². The first-order valence-corrected chi connectivity index (χ1v) is 9.55. The number of hydrogen-bond acceptors (Lipinski definition) is 4. The molecule has 1 aromatic carbocycles. The molecule has 146 valence electrons. The molecule has 2 aliphatic rings. The lowest BCUT2D eigenvalue weighted by atomic mass is 9.89. The van der Waals surface area contributed by atoms with Gasteiger partial charge in [-0.15, -0.1) is 0 Å². The smallest absolute Gasteiger partial charge is 0.321 e. The van der Waals surface area contributed by atoms with Gasteiger partial charge in [-0.25, -0.2) is 0 Å². The van der Waals surface area contributed by atoms with Gasteiger partial charge >= 0.3 is 5.92 Å². The lowest BCUT2D eigenvalue weighted by Crippen LogP contribution is -2.57. The van der Waals surface area contributed by atoms with Gasteiger partial charge in [0.2, 0.25) is 0 Å². The lowest BCUT2D eigenvalue weighted by molar-refractivity contribution is -0.144. The molecule has 4 rings (SSSR count). The molecule has 1 unspecified atom stereocenters. The zero-order valence-corrected chi connectivity index (χ0v) is 15.9. The van der Waals surface area contributed by atoms with Gasteiger partial charge in [0.15, 0.2) is 5.58 Å². The molecule has 7 heteroatoms. The number of nitrogens with zero attached hydrogens (tertiary/aromatic N) is 2. The van der Waals surface area contributed by atoms with Gasteiger partial charge in [0.1, 0.15) is 5.52 Å². The Morgan fingerprint density at radius 2 is 2.04 bits per heavy atom. The molecule has 1 amide bonds. The molecule has 2 fully saturated rings. The highest BCUT2D eigenvalue weighted by Crippen LogP contribution is 2.46. The van der Waals surface area contributed by atoms with E-state index in [1.807, 2.05) is 19.9 Å². The van der Waals surface area contributed by atoms with Gasteiger partial charge in [-0.3, -0.25) is 4.79 Å². The van der Waals surface area contributed by atoms with E-state index in [-0.39, 0.29) is 6.04 Å². The number of fused-ring (bicyclic) bond motifs is 1. The predicted molar refractivity (Wildman–Crippen MR) is 99.2 cm³/mol. The fourth-order valence-electron chi connectivity index (χ4n) is 4.80. The summed E-state index contributed by atoms with van der Waals surface area (Å²) in [5.41, 5.74) is 3.32. The third-order valence-electron chi connectivity index (χ3n) is 6.04. The molecule has 2 aromatic rings. The van der Waals surface area contributed by atoms with Crippen LogP contribution in [0.2, 0.25) is 0 Å². The van der Waals surface area contributed by atoms with Crippen molar-refractivity contribution in [2.24, 2.45) is 0 Å². The summed E-state index contributed by atoms with van der Waals surface area (Å²) < 4.78 is 33.0. The van der Waals surface area contributed by atoms with Crippen molar-refractivity contribution >= 4 is 23.0 Å². The van der Waals surface area contributed by atoms with Gasteiger partial charge in [-0.1, -0.05) is 18.9 Å². The number of amides is 1. The molecule has 1 spiro atoms. The summed E-state index contributed by atoms with van der Waals surface area (Å²) in [7, 11) is 0. The maximum absolute atomic E-state index is 13.4. The fourth-order valence-corrected chi connectivity index (χ4v) is 4.80. The quantitative estimate of drug-likeness (QED) is 0.875. The van der Waals surface area contributed by atoms with Gasteiger partial charge in [0.05, 0.1) is 11.6 Å². The molecule has 0 radical (unpaired) electrons. The Kier molecular flexibility index (Phi) is 4.16. The van der Waals surface area contributed by atoms with Crippen LogP contribution in [0, 0.1) is 13.8 Å². The molecule has 0 bridgehead atoms. The minimum atomic E-state index is -3.38. The minimum absolute atomic E-state index is 0.323. The topological polar surface area (TPSA) is 58.4 Å². The van der Waals surface area contributed by atoms with Crippen LogP contribution >= 0.6 is 0 Å². The van der Waals surface area contributed by atoms with E-state index in [9.17, 15) is 13.6 Å². The zero-order valence-electron chi connectivity index (χ0n) is 15.9. The Bertz CT molecular complexity index is 881. The third-order valence-corrected chi connectivity index (χ3v) is 6.04. The zero-order chi connectivity index (χ0) is 19.4. The van der Waals surface area contributed by atoms with Crippen LogP contribution in [0.25, 0.3) is 11.1 Å². The van der Waals surface area contributed by atoms with Crippen LogP contribution in [0.3, 0.4) is 0 Å². The van der Waals surface area contributed by atoms with Crippen molar-refractivity contribution < 1.29 is 18.0 Å². The first-order chi connectivity index (χ1) is 12.7. The third kappa shape index (κ3) is 2.97. The van der Waals surface area contributed by atoms with Gasteiger partial charge in [0, 0.05) is 13.5 Å². The maximum Gasteiger partial charge on any atom is 0.321 e. The van der Waals surface area contributed by atoms with Gasteiger partial charge in [-0.2, -0.15) is 13.8 Å². The number of carbonyl (C=O) groups is 1. The molecule has 1 N–H and O–H groups in total. The second-order valence-corrected chi connectivity index (χ2v) is 8.09. The van der Waals surface area contributed by atoms with Crippen molar-refractivity contribution in [1.29, 1.82) is 0 Å². The lowest BCUT2D eigenvalue weighted by Gasteiger charge is -2.38. The standard InChI is InChI=1S/C20H25F2N3O2/c1-12-10-13(2)16-14(11-12)23-18(27-16)25-9-6-15(20(25)7-4-5-8-20)24-17(26)19(3,21)22/h10-11,15H,4-9H2,1-3H3,(H,24,26). The Morgan fingerprint density at radius 3 is 2.70 bits per heavy atom. The molecule has 1 aromatic heterocycles. The Hall–Kier alpha value is -2.18. The van der Waals surface area contributed by atoms with E-state index in [2.05, 4.69) is 16.3 Å². The fraction of sp³-hybridized carbons (Fsp3) is 0.600. The largest absolute Gasteiger partial charge is 0.423 e. The summed E-state index contributed by atoms with van der Waals surface area (Å²) in [6, 6.07) is 4.25. The first-order valence-electron chi connectivity index (χ1n) is 9.55. The second-order valence-electron chi connectivity index (χ2n) is 8.09. The number of nitrogens with one attached hydrogen (secondary N) is 1. The van der Waals surface area contributed by atoms with Crippen LogP contribution < -0.4 is 10.2 Å². The highest BCUT2D eigenvalue weighted by Gasteiger charge is 2.53. The summed E-state index contributed by atoms with van der Waals surface area (Å²) in [6.45, 7) is 5.28. The molecule has 1 aliphatic carbocycles. The highest BCUT2D eigenvalue weighted by atomic mass is 19.3. The Balaban J connectivity index is 1.69. The number of alkyl halides is 2. The van der Waals surface area contributed by atoms with E-state index in [1.54, 1.807) is 0 Å². The Labute approximate surface area is 157 Å². The first kappa shape index (κ1) is 18.2. The highest BCUT2D eigenvalue weighted by molar-refractivity contribution is 5.83. The van der Waals surface area contributed by atoms with Crippen molar-refractivity contribution in [2.75, 3.05) is 11.4 Å². The SMILES string of the molecule is Cc1cc(C)c2oc(N3CCC(NC(=O)C(C)(F)F)C34CCCC4)nc2c1. The van der Waals surface area contributed by atoms with Crippen molar-refractivity contribution in [3.63, 3.8) is 0 Å². The van der Waals surface area contributed by atoms with Crippen molar-refractivity contribution in [2.45, 2.75) is 70.4 Å². The number of carbonyl (C=O) groups excluding carboxylic acids is 1. The number of hydrogen-bond donors (Lipinski definition) is 1. The summed E-state index contributed by atoms with van der Waals surface area (Å²) in [5, 5.41) is 2.61. The molecule has 1 aliphatic heterocycles. The van der Waals surface area contributed by atoms with Crippen LogP contribution in [0.4, 0.5) is 14.8 Å². The summed E-state index contributed by atoms with van der Waals surface area (Å²) in [5.74, 6) is -4.58. The number of aromatic nitrogens is 1. The molecular formula is C20H25F2N3O2. The number of oxazole rings is 1. The minimum Gasteiger partial charge on any atom is -0.423 e. The van der Waals surface area contributed by atoms with Gasteiger partial charge < -0.3 is 14.6 Å². The van der Waals surface area contributed by atoms with E-state index in [4.69, 9.17) is 9.40 Å². The molecular weight excluding hydrogens is 352 g/mol. The van der Waals surface area contributed by atoms with Crippen LogP contribution in [-0.4, -0.2) is 34.9 Å². The average molecular weight is 377 g/mol. The molecule has 1 saturated heterocycles. The second kappa shape index (κ2) is 6.17. The van der Waals surface area contributed by atoms with E-state index < -0.39 is 17.4 Å². The van der Waals surface area contributed by atoms with Crippen molar-refractivity contribution in [3.05, 3.63) is 23.3 Å². The van der Waals surface area contributed by atoms with Crippen LogP contribution in [0.15, 0.2) is 16.5 Å². The number of halogens is 2. The molecule has 5 nitrogen and oxygen atoms in total. The summed E-state index contributed by atoms with van der Waals surface area (Å²) in [6.07, 6.45) is 4.29.